The Balaban J connectivity index is 0.000000367. The number of halogens is 6. The number of nitrogens with zero attached hydrogens (tertiary/aromatic N) is 1. The second kappa shape index (κ2) is 15.0. The van der Waals surface area contributed by atoms with Gasteiger partial charge in [0.2, 0.25) is 0 Å². The smallest absolute Gasteiger partial charge is 0.475 e. The first kappa shape index (κ1) is 35.2. The number of aliphatic carboxylic acids is 2. The third kappa shape index (κ3) is 11.4. The molecule has 2 aliphatic carbocycles. The molecular formula is C28H36F6N2O6. The Morgan fingerprint density at radius 2 is 1.52 bits per heavy atom. The van der Waals surface area contributed by atoms with Crippen LogP contribution in [0, 0.1) is 11.3 Å². The number of alkyl halides is 6. The van der Waals surface area contributed by atoms with Crippen molar-refractivity contribution in [2.45, 2.75) is 69.9 Å². The zero-order valence-electron chi connectivity index (χ0n) is 23.0. The number of carbonyl (C=O) groups excluding carboxylic acids is 1. The molecule has 3 fully saturated rings. The number of carboxylic acid groups (broad SMARTS) is 2. The predicted octanol–water partition coefficient (Wildman–Crippen LogP) is 4.53. The second-order valence-corrected chi connectivity index (χ2v) is 10.8. The Morgan fingerprint density at radius 1 is 1.00 bits per heavy atom. The summed E-state index contributed by atoms with van der Waals surface area (Å²) in [6.07, 6.45) is -1.73. The maximum atomic E-state index is 11.8. The average Bonchev–Trinajstić information content (AvgIpc) is 3.62. The summed E-state index contributed by atoms with van der Waals surface area (Å²) in [5.74, 6) is -4.53. The van der Waals surface area contributed by atoms with E-state index in [9.17, 15) is 31.1 Å². The van der Waals surface area contributed by atoms with E-state index in [2.05, 4.69) is 53.5 Å². The van der Waals surface area contributed by atoms with Crippen LogP contribution < -0.4 is 5.32 Å². The molecule has 1 heterocycles. The Morgan fingerprint density at radius 3 is 1.98 bits per heavy atom. The van der Waals surface area contributed by atoms with Crippen molar-refractivity contribution in [1.82, 2.24) is 10.2 Å². The number of aliphatic hydroxyl groups excluding tert-OH is 1. The number of nitrogens with one attached hydrogen (secondary N) is 1. The Labute approximate surface area is 239 Å². The number of ketones is 1. The highest BCUT2D eigenvalue weighted by molar-refractivity contribution is 5.80. The lowest BCUT2D eigenvalue weighted by molar-refractivity contribution is -0.193. The number of Topliss-reactive ketones (excluding diaryl/α,β-unsaturated/α-hetero) is 1. The van der Waals surface area contributed by atoms with E-state index in [1.165, 1.54) is 24.8 Å². The first-order valence-electron chi connectivity index (χ1n) is 13.5. The zero-order valence-corrected chi connectivity index (χ0v) is 23.0. The highest BCUT2D eigenvalue weighted by Gasteiger charge is 2.54. The van der Waals surface area contributed by atoms with E-state index in [4.69, 9.17) is 24.9 Å². The quantitative estimate of drug-likeness (QED) is 0.285. The molecule has 1 aliphatic heterocycles. The standard InChI is InChI=1S/C24H34N2O2.2C2HF3O2/c1-2-19(11-18-7-4-3-5-8-18)22-12-23(22)25-20-13-24(14-20)16-26(17-24)15-21(28)9-6-10-27;2*3-2(4,5)1(6)7/h3-5,7-8,11,20,22-23,25,27H,2,6,9-10,12-17H2,1H3;2*(H,6,7)/b19-11+;;/t22-,23+;;/m1../s1. The Hall–Kier alpha value is -2.97. The molecule has 1 aromatic carbocycles. The zero-order chi connectivity index (χ0) is 31.7. The molecule has 0 bridgehead atoms. The summed E-state index contributed by atoms with van der Waals surface area (Å²) in [5, 5.41) is 27.0. The van der Waals surface area contributed by atoms with Gasteiger partial charge in [0.1, 0.15) is 5.78 Å². The van der Waals surface area contributed by atoms with Crippen LogP contribution in [0.2, 0.25) is 0 Å². The lowest BCUT2D eigenvalue weighted by atomic mass is 9.60. The first-order valence-corrected chi connectivity index (χ1v) is 13.5. The largest absolute Gasteiger partial charge is 0.490 e. The molecule has 3 aliphatic rings. The van der Waals surface area contributed by atoms with Gasteiger partial charge in [-0.05, 0) is 49.0 Å². The number of hydrogen-bond donors (Lipinski definition) is 4. The van der Waals surface area contributed by atoms with Crippen LogP contribution in [0.5, 0.6) is 0 Å². The Bertz CT molecular complexity index is 1050. The second-order valence-electron chi connectivity index (χ2n) is 10.8. The number of likely N-dealkylation sites (tertiary alicyclic amines) is 1. The molecule has 2 atom stereocenters. The summed E-state index contributed by atoms with van der Waals surface area (Å²) in [6, 6.07) is 12.0. The number of hydrogen-bond acceptors (Lipinski definition) is 6. The SMILES string of the molecule is CC/C(=C\c1ccccc1)[C@H]1C[C@@H]1NC1CC2(C1)CN(CC(=O)CCCO)C2.O=C(O)C(F)(F)F.O=C(O)C(F)(F)F. The van der Waals surface area contributed by atoms with Crippen molar-refractivity contribution in [3.8, 4) is 0 Å². The lowest BCUT2D eigenvalue weighted by Crippen LogP contribution is -2.66. The van der Waals surface area contributed by atoms with Crippen LogP contribution >= 0.6 is 0 Å². The predicted molar refractivity (Wildman–Crippen MR) is 140 cm³/mol. The van der Waals surface area contributed by atoms with Gasteiger partial charge in [-0.25, -0.2) is 9.59 Å². The van der Waals surface area contributed by atoms with Crippen molar-refractivity contribution in [3.63, 3.8) is 0 Å². The fraction of sp³-hybridized carbons (Fsp3) is 0.607. The highest BCUT2D eigenvalue weighted by Crippen LogP contribution is 2.50. The summed E-state index contributed by atoms with van der Waals surface area (Å²) in [7, 11) is 0. The van der Waals surface area contributed by atoms with Crippen LogP contribution in [-0.2, 0) is 14.4 Å². The van der Waals surface area contributed by atoms with Gasteiger partial charge in [0.15, 0.2) is 0 Å². The molecule has 1 spiro atoms. The molecule has 0 radical (unpaired) electrons. The molecule has 2 saturated carbocycles. The molecule has 0 unspecified atom stereocenters. The van der Waals surface area contributed by atoms with Crippen molar-refractivity contribution in [2.24, 2.45) is 11.3 Å². The maximum Gasteiger partial charge on any atom is 0.490 e. The van der Waals surface area contributed by atoms with Crippen molar-refractivity contribution >= 4 is 23.8 Å². The number of aliphatic hydroxyl groups is 1. The summed E-state index contributed by atoms with van der Waals surface area (Å²) in [6.45, 7) is 5.13. The van der Waals surface area contributed by atoms with Crippen molar-refractivity contribution in [2.75, 3.05) is 26.2 Å². The van der Waals surface area contributed by atoms with Gasteiger partial charge in [0.05, 0.1) is 6.54 Å². The molecule has 0 amide bonds. The minimum Gasteiger partial charge on any atom is -0.475 e. The molecule has 236 valence electrons. The lowest BCUT2D eigenvalue weighted by Gasteiger charge is -2.59. The third-order valence-corrected chi connectivity index (χ3v) is 7.25. The van der Waals surface area contributed by atoms with E-state index in [0.717, 1.165) is 19.5 Å². The number of carboxylic acids is 2. The molecule has 1 aromatic rings. The van der Waals surface area contributed by atoms with Crippen LogP contribution in [0.25, 0.3) is 6.08 Å². The average molecular weight is 611 g/mol. The molecule has 0 aromatic heterocycles. The van der Waals surface area contributed by atoms with Crippen molar-refractivity contribution in [3.05, 3.63) is 41.5 Å². The van der Waals surface area contributed by atoms with Gasteiger partial charge in [0.25, 0.3) is 0 Å². The maximum absolute atomic E-state index is 11.8. The molecule has 1 saturated heterocycles. The van der Waals surface area contributed by atoms with E-state index in [1.54, 1.807) is 5.57 Å². The number of carbonyl (C=O) groups is 3. The van der Waals surface area contributed by atoms with E-state index in [1.807, 2.05) is 0 Å². The van der Waals surface area contributed by atoms with Gasteiger partial charge < -0.3 is 20.6 Å². The first-order chi connectivity index (χ1) is 19.5. The molecule has 14 heteroatoms. The van der Waals surface area contributed by atoms with Crippen molar-refractivity contribution in [1.29, 1.82) is 0 Å². The van der Waals surface area contributed by atoms with Crippen LogP contribution in [0.4, 0.5) is 26.3 Å². The van der Waals surface area contributed by atoms with Gasteiger partial charge in [0, 0.05) is 38.2 Å². The van der Waals surface area contributed by atoms with Gasteiger partial charge in [-0.1, -0.05) is 48.9 Å². The van der Waals surface area contributed by atoms with Gasteiger partial charge in [-0.15, -0.1) is 0 Å². The van der Waals surface area contributed by atoms with E-state index in [-0.39, 0.29) is 12.4 Å². The van der Waals surface area contributed by atoms with Crippen molar-refractivity contribution < 1.29 is 56.0 Å². The van der Waals surface area contributed by atoms with E-state index >= 15 is 0 Å². The van der Waals surface area contributed by atoms with Crippen LogP contribution in [0.15, 0.2) is 35.9 Å². The molecule has 42 heavy (non-hydrogen) atoms. The van der Waals surface area contributed by atoms with Crippen LogP contribution in [0.3, 0.4) is 0 Å². The monoisotopic (exact) mass is 610 g/mol. The number of benzene rings is 1. The normalized spacial score (nSPS) is 21.6. The molecule has 4 N–H and O–H groups in total. The highest BCUT2D eigenvalue weighted by atomic mass is 19.4. The van der Waals surface area contributed by atoms with Gasteiger partial charge in [-0.2, -0.15) is 26.3 Å². The third-order valence-electron chi connectivity index (χ3n) is 7.25. The summed E-state index contributed by atoms with van der Waals surface area (Å²) >= 11 is 0. The van der Waals surface area contributed by atoms with E-state index < -0.39 is 24.3 Å². The van der Waals surface area contributed by atoms with E-state index in [0.29, 0.717) is 42.8 Å². The van der Waals surface area contributed by atoms with Gasteiger partial charge >= 0.3 is 24.3 Å². The number of rotatable bonds is 10. The molecule has 8 nitrogen and oxygen atoms in total. The minimum atomic E-state index is -5.08. The fourth-order valence-electron chi connectivity index (χ4n) is 5.31. The van der Waals surface area contributed by atoms with Gasteiger partial charge in [-0.3, -0.25) is 9.69 Å². The summed E-state index contributed by atoms with van der Waals surface area (Å²) in [4.78, 5) is 31.9. The summed E-state index contributed by atoms with van der Waals surface area (Å²) in [5.41, 5.74) is 3.37. The van der Waals surface area contributed by atoms with Crippen LogP contribution in [-0.4, -0.2) is 88.6 Å². The molecular weight excluding hydrogens is 574 g/mol. The topological polar surface area (TPSA) is 127 Å². The van der Waals surface area contributed by atoms with Crippen LogP contribution in [0.1, 0.15) is 51.0 Å². The molecule has 4 rings (SSSR count). The minimum absolute atomic E-state index is 0.117. The summed E-state index contributed by atoms with van der Waals surface area (Å²) < 4.78 is 63.5. The Kier molecular flexibility index (Phi) is 12.6. The fourth-order valence-corrected chi connectivity index (χ4v) is 5.31.